The smallest absolute Gasteiger partial charge is 0.180 e. The SMILES string of the molecule is Nc1nc2c(s1)C=NCC2. The van der Waals surface area contributed by atoms with Gasteiger partial charge in [-0.3, -0.25) is 4.99 Å². The van der Waals surface area contributed by atoms with Crippen LogP contribution in [0, 0.1) is 0 Å². The van der Waals surface area contributed by atoms with Gasteiger partial charge < -0.3 is 5.73 Å². The van der Waals surface area contributed by atoms with Gasteiger partial charge in [-0.25, -0.2) is 4.98 Å². The minimum Gasteiger partial charge on any atom is -0.375 e. The molecule has 1 aromatic heterocycles. The molecule has 0 aliphatic carbocycles. The Hall–Kier alpha value is -0.900. The normalized spacial score (nSPS) is 15.2. The second kappa shape index (κ2) is 2.05. The number of nitrogen functional groups attached to an aromatic ring is 1. The molecule has 4 heteroatoms. The summed E-state index contributed by atoms with van der Waals surface area (Å²) in [7, 11) is 0. The second-order valence-corrected chi connectivity index (χ2v) is 3.21. The van der Waals surface area contributed by atoms with Crippen LogP contribution in [0.4, 0.5) is 5.13 Å². The Bertz CT molecular complexity index is 277. The number of nitrogens with two attached hydrogens (primary N) is 1. The van der Waals surface area contributed by atoms with Crippen LogP contribution >= 0.6 is 11.3 Å². The molecule has 2 N–H and O–H groups in total. The summed E-state index contributed by atoms with van der Waals surface area (Å²) in [6.45, 7) is 0.857. The van der Waals surface area contributed by atoms with Crippen molar-refractivity contribution < 1.29 is 0 Å². The fourth-order valence-electron chi connectivity index (χ4n) is 0.980. The van der Waals surface area contributed by atoms with Crippen LogP contribution in [0.1, 0.15) is 10.6 Å². The first-order chi connectivity index (χ1) is 4.86. The summed E-state index contributed by atoms with van der Waals surface area (Å²) in [5, 5.41) is 0.651. The molecule has 0 amide bonds. The monoisotopic (exact) mass is 153 g/mol. The van der Waals surface area contributed by atoms with E-state index in [1.165, 1.54) is 11.3 Å². The molecule has 0 radical (unpaired) electrons. The molecule has 10 heavy (non-hydrogen) atoms. The zero-order valence-electron chi connectivity index (χ0n) is 5.37. The molecular formula is C6H7N3S. The van der Waals surface area contributed by atoms with Crippen LogP contribution in [0.15, 0.2) is 4.99 Å². The van der Waals surface area contributed by atoms with Crippen molar-refractivity contribution >= 4 is 22.7 Å². The predicted molar refractivity (Wildman–Crippen MR) is 42.7 cm³/mol. The van der Waals surface area contributed by atoms with Crippen molar-refractivity contribution in [3.05, 3.63) is 10.6 Å². The summed E-state index contributed by atoms with van der Waals surface area (Å²) in [6.07, 6.45) is 2.80. The molecule has 1 aliphatic rings. The van der Waals surface area contributed by atoms with E-state index in [9.17, 15) is 0 Å². The number of aromatic nitrogens is 1. The largest absolute Gasteiger partial charge is 0.375 e. The Morgan fingerprint density at radius 3 is 3.30 bits per heavy atom. The van der Waals surface area contributed by atoms with Crippen LogP contribution in [0.25, 0.3) is 0 Å². The van der Waals surface area contributed by atoms with Crippen molar-refractivity contribution in [3.8, 4) is 0 Å². The van der Waals surface area contributed by atoms with Gasteiger partial charge in [-0.05, 0) is 0 Å². The number of nitrogens with zero attached hydrogens (tertiary/aromatic N) is 2. The molecule has 1 aliphatic heterocycles. The molecule has 3 nitrogen and oxygen atoms in total. The number of rotatable bonds is 0. The average molecular weight is 153 g/mol. The van der Waals surface area contributed by atoms with Crippen LogP contribution in [-0.2, 0) is 6.42 Å². The van der Waals surface area contributed by atoms with Gasteiger partial charge in [-0.15, -0.1) is 0 Å². The minimum atomic E-state index is 0.651. The third-order valence-electron chi connectivity index (χ3n) is 1.43. The Labute approximate surface area is 62.6 Å². The van der Waals surface area contributed by atoms with Gasteiger partial charge in [-0.1, -0.05) is 11.3 Å². The standard InChI is InChI=1S/C6H7N3S/c7-6-9-4-1-2-8-3-5(4)10-6/h3H,1-2H2,(H2,7,9). The summed E-state index contributed by atoms with van der Waals surface area (Å²) in [6, 6.07) is 0. The van der Waals surface area contributed by atoms with Gasteiger partial charge in [0.05, 0.1) is 10.6 Å². The van der Waals surface area contributed by atoms with E-state index in [0.717, 1.165) is 23.5 Å². The number of hydrogen-bond acceptors (Lipinski definition) is 4. The van der Waals surface area contributed by atoms with Crippen molar-refractivity contribution in [2.45, 2.75) is 6.42 Å². The summed E-state index contributed by atoms with van der Waals surface area (Å²) >= 11 is 1.51. The summed E-state index contributed by atoms with van der Waals surface area (Å²) < 4.78 is 0. The quantitative estimate of drug-likeness (QED) is 0.596. The van der Waals surface area contributed by atoms with Crippen molar-refractivity contribution in [2.75, 3.05) is 12.3 Å². The zero-order chi connectivity index (χ0) is 6.97. The minimum absolute atomic E-state index is 0.651. The van der Waals surface area contributed by atoms with Gasteiger partial charge in [-0.2, -0.15) is 0 Å². The molecule has 0 spiro atoms. The molecule has 0 aromatic carbocycles. The number of thiazole rings is 1. The number of anilines is 1. The lowest BCUT2D eigenvalue weighted by atomic mass is 10.2. The van der Waals surface area contributed by atoms with Crippen LogP contribution in [0.2, 0.25) is 0 Å². The maximum absolute atomic E-state index is 5.50. The van der Waals surface area contributed by atoms with Gasteiger partial charge in [0, 0.05) is 19.2 Å². The summed E-state index contributed by atoms with van der Waals surface area (Å²) in [4.78, 5) is 9.41. The molecule has 1 aromatic rings. The van der Waals surface area contributed by atoms with Gasteiger partial charge in [0.25, 0.3) is 0 Å². The highest BCUT2D eigenvalue weighted by Gasteiger charge is 2.09. The highest BCUT2D eigenvalue weighted by molar-refractivity contribution is 7.17. The van der Waals surface area contributed by atoms with E-state index in [-0.39, 0.29) is 0 Å². The van der Waals surface area contributed by atoms with Crippen LogP contribution in [0.3, 0.4) is 0 Å². The molecule has 0 atom stereocenters. The van der Waals surface area contributed by atoms with E-state index < -0.39 is 0 Å². The van der Waals surface area contributed by atoms with Crippen molar-refractivity contribution in [2.24, 2.45) is 4.99 Å². The maximum atomic E-state index is 5.50. The molecule has 2 rings (SSSR count). The topological polar surface area (TPSA) is 51.3 Å². The number of hydrogen-bond donors (Lipinski definition) is 1. The van der Waals surface area contributed by atoms with E-state index in [2.05, 4.69) is 9.98 Å². The van der Waals surface area contributed by atoms with E-state index in [1.54, 1.807) is 0 Å². The van der Waals surface area contributed by atoms with E-state index in [0.29, 0.717) is 5.13 Å². The average Bonchev–Trinajstić information content (AvgIpc) is 2.27. The molecule has 0 fully saturated rings. The van der Waals surface area contributed by atoms with Crippen LogP contribution in [0.5, 0.6) is 0 Å². The Morgan fingerprint density at radius 2 is 2.50 bits per heavy atom. The Kier molecular flexibility index (Phi) is 1.20. The first-order valence-corrected chi connectivity index (χ1v) is 3.93. The van der Waals surface area contributed by atoms with Crippen molar-refractivity contribution in [1.82, 2.24) is 4.98 Å². The first-order valence-electron chi connectivity index (χ1n) is 3.11. The van der Waals surface area contributed by atoms with Gasteiger partial charge in [0.1, 0.15) is 0 Å². The zero-order valence-corrected chi connectivity index (χ0v) is 6.19. The number of fused-ring (bicyclic) bond motifs is 1. The molecule has 0 unspecified atom stereocenters. The molecular weight excluding hydrogens is 146 g/mol. The van der Waals surface area contributed by atoms with Crippen LogP contribution < -0.4 is 5.73 Å². The lowest BCUT2D eigenvalue weighted by Gasteiger charge is -1.99. The lowest BCUT2D eigenvalue weighted by Crippen LogP contribution is -1.99. The van der Waals surface area contributed by atoms with Gasteiger partial charge in [0.15, 0.2) is 5.13 Å². The fraction of sp³-hybridized carbons (Fsp3) is 0.333. The Morgan fingerprint density at radius 1 is 1.60 bits per heavy atom. The molecule has 0 saturated heterocycles. The number of aliphatic imine (C=N–C) groups is 1. The molecule has 2 heterocycles. The van der Waals surface area contributed by atoms with Crippen molar-refractivity contribution in [3.63, 3.8) is 0 Å². The van der Waals surface area contributed by atoms with E-state index in [1.807, 2.05) is 6.21 Å². The highest BCUT2D eigenvalue weighted by Crippen LogP contribution is 2.20. The first kappa shape index (κ1) is 5.85. The third kappa shape index (κ3) is 0.806. The third-order valence-corrected chi connectivity index (χ3v) is 2.29. The fourth-order valence-corrected chi connectivity index (χ4v) is 1.75. The van der Waals surface area contributed by atoms with E-state index >= 15 is 0 Å². The maximum Gasteiger partial charge on any atom is 0.180 e. The van der Waals surface area contributed by atoms with E-state index in [4.69, 9.17) is 5.73 Å². The second-order valence-electron chi connectivity index (χ2n) is 2.15. The summed E-state index contributed by atoms with van der Waals surface area (Å²) in [5.41, 5.74) is 6.61. The molecule has 0 saturated carbocycles. The predicted octanol–water partition coefficient (Wildman–Crippen LogP) is 0.700. The summed E-state index contributed by atoms with van der Waals surface area (Å²) in [5.74, 6) is 0. The highest BCUT2D eigenvalue weighted by atomic mass is 32.1. The van der Waals surface area contributed by atoms with Gasteiger partial charge in [0.2, 0.25) is 0 Å². The Balaban J connectivity index is 2.53. The lowest BCUT2D eigenvalue weighted by molar-refractivity contribution is 0.923. The van der Waals surface area contributed by atoms with Crippen LogP contribution in [-0.4, -0.2) is 17.7 Å². The van der Waals surface area contributed by atoms with Crippen molar-refractivity contribution in [1.29, 1.82) is 0 Å². The molecule has 52 valence electrons. The van der Waals surface area contributed by atoms with Gasteiger partial charge >= 0.3 is 0 Å². The molecule has 0 bridgehead atoms.